The number of halogens is 1. The van der Waals surface area contributed by atoms with E-state index in [1.54, 1.807) is 6.08 Å². The van der Waals surface area contributed by atoms with Gasteiger partial charge in [0, 0.05) is 27.7 Å². The number of para-hydroxylation sites is 1. The molecule has 3 aromatic rings. The molecular weight excluding hydrogens is 402 g/mol. The molecule has 0 unspecified atom stereocenters. The molecule has 4 nitrogen and oxygen atoms in total. The molecule has 0 aliphatic heterocycles. The van der Waals surface area contributed by atoms with E-state index >= 15 is 0 Å². The quantitative estimate of drug-likeness (QED) is 0.447. The van der Waals surface area contributed by atoms with Crippen LogP contribution in [-0.4, -0.2) is 10.5 Å². The van der Waals surface area contributed by atoms with E-state index in [2.05, 4.69) is 21.2 Å². The zero-order valence-electron chi connectivity index (χ0n) is 14.8. The summed E-state index contributed by atoms with van der Waals surface area (Å²) >= 11 is 3.42. The molecule has 0 fully saturated rings. The molecule has 2 aromatic carbocycles. The Morgan fingerprint density at radius 1 is 1.15 bits per heavy atom. The number of aryl methyl sites for hydroxylation is 1. The van der Waals surface area contributed by atoms with Crippen LogP contribution in [0.5, 0.6) is 0 Å². The number of anilines is 1. The van der Waals surface area contributed by atoms with Crippen LogP contribution in [-0.2, 0) is 11.2 Å². The highest BCUT2D eigenvalue weighted by molar-refractivity contribution is 9.10. The molecule has 3 rings (SSSR count). The normalized spacial score (nSPS) is 11.1. The summed E-state index contributed by atoms with van der Waals surface area (Å²) in [5, 5.41) is 12.3. The summed E-state index contributed by atoms with van der Waals surface area (Å²) in [6, 6.07) is 21.2. The van der Waals surface area contributed by atoms with Crippen molar-refractivity contribution in [1.29, 1.82) is 5.26 Å². The van der Waals surface area contributed by atoms with Crippen molar-refractivity contribution in [3.63, 3.8) is 0 Å². The van der Waals surface area contributed by atoms with Crippen LogP contribution >= 0.6 is 15.9 Å². The van der Waals surface area contributed by atoms with Gasteiger partial charge in [-0.15, -0.1) is 0 Å². The van der Waals surface area contributed by atoms with Gasteiger partial charge >= 0.3 is 0 Å². The number of rotatable bonds is 5. The summed E-state index contributed by atoms with van der Waals surface area (Å²) in [5.74, 6) is -0.415. The van der Waals surface area contributed by atoms with E-state index in [9.17, 15) is 10.1 Å². The maximum absolute atomic E-state index is 12.6. The third-order valence-electron chi connectivity index (χ3n) is 4.19. The Bertz CT molecular complexity index is 1030. The summed E-state index contributed by atoms with van der Waals surface area (Å²) in [4.78, 5) is 12.6. The molecule has 1 aromatic heterocycles. The van der Waals surface area contributed by atoms with Gasteiger partial charge in [0.2, 0.25) is 0 Å². The lowest BCUT2D eigenvalue weighted by atomic mass is 10.1. The molecule has 27 heavy (non-hydrogen) atoms. The van der Waals surface area contributed by atoms with Crippen molar-refractivity contribution >= 4 is 33.6 Å². The molecule has 1 N–H and O–H groups in total. The van der Waals surface area contributed by atoms with Gasteiger partial charge in [-0.1, -0.05) is 41.1 Å². The van der Waals surface area contributed by atoms with Crippen molar-refractivity contribution in [2.75, 3.05) is 5.32 Å². The van der Waals surface area contributed by atoms with E-state index in [-0.39, 0.29) is 5.57 Å². The molecule has 134 valence electrons. The van der Waals surface area contributed by atoms with Gasteiger partial charge < -0.3 is 9.88 Å². The highest BCUT2D eigenvalue weighted by atomic mass is 79.9. The standard InChI is InChI=1S/C22H18BrN3O/c1-2-16-6-3-4-8-21(16)25-22(27)17(15-24)14-20-7-5-13-26(20)19-11-9-18(23)10-12-19/h3-14H,2H2,1H3,(H,25,27)/b17-14-. The maximum atomic E-state index is 12.6. The van der Waals surface area contributed by atoms with Crippen molar-refractivity contribution in [2.45, 2.75) is 13.3 Å². The van der Waals surface area contributed by atoms with Gasteiger partial charge in [-0.25, -0.2) is 0 Å². The van der Waals surface area contributed by atoms with Gasteiger partial charge in [0.05, 0.1) is 0 Å². The molecule has 0 spiro atoms. The number of amides is 1. The van der Waals surface area contributed by atoms with Crippen LogP contribution in [0.3, 0.4) is 0 Å². The number of nitrogens with one attached hydrogen (secondary N) is 1. The van der Waals surface area contributed by atoms with Gasteiger partial charge in [0.15, 0.2) is 0 Å². The molecule has 0 aliphatic carbocycles. The Hall–Kier alpha value is -3.10. The van der Waals surface area contributed by atoms with Gasteiger partial charge in [0.25, 0.3) is 5.91 Å². The molecule has 5 heteroatoms. The predicted octanol–water partition coefficient (Wildman–Crippen LogP) is 5.35. The lowest BCUT2D eigenvalue weighted by Crippen LogP contribution is -2.15. The molecule has 0 aliphatic rings. The first kappa shape index (κ1) is 18.7. The smallest absolute Gasteiger partial charge is 0.266 e. The van der Waals surface area contributed by atoms with Crippen molar-refractivity contribution in [2.24, 2.45) is 0 Å². The number of hydrogen-bond acceptors (Lipinski definition) is 2. The SMILES string of the molecule is CCc1ccccc1NC(=O)/C(C#N)=C\c1cccn1-c1ccc(Br)cc1. The predicted molar refractivity (Wildman–Crippen MR) is 112 cm³/mol. The molecule has 0 radical (unpaired) electrons. The van der Waals surface area contributed by atoms with E-state index < -0.39 is 5.91 Å². The number of nitrogens with zero attached hydrogens (tertiary/aromatic N) is 2. The number of nitriles is 1. The molecule has 0 saturated heterocycles. The summed E-state index contributed by atoms with van der Waals surface area (Å²) in [6.45, 7) is 2.02. The van der Waals surface area contributed by atoms with Crippen molar-refractivity contribution in [3.05, 3.63) is 88.2 Å². The van der Waals surface area contributed by atoms with E-state index in [1.807, 2.05) is 84.4 Å². The fourth-order valence-corrected chi connectivity index (χ4v) is 3.05. The largest absolute Gasteiger partial charge is 0.321 e. The zero-order valence-corrected chi connectivity index (χ0v) is 16.4. The summed E-state index contributed by atoms with van der Waals surface area (Å²) in [5.41, 5.74) is 3.52. The van der Waals surface area contributed by atoms with Crippen molar-refractivity contribution in [1.82, 2.24) is 4.57 Å². The molecule has 0 bridgehead atoms. The zero-order chi connectivity index (χ0) is 19.2. The third-order valence-corrected chi connectivity index (χ3v) is 4.72. The van der Waals surface area contributed by atoms with Crippen LogP contribution in [0.2, 0.25) is 0 Å². The number of hydrogen-bond donors (Lipinski definition) is 1. The Kier molecular flexibility index (Phi) is 5.90. The molecule has 0 saturated carbocycles. The number of carbonyl (C=O) groups excluding carboxylic acids is 1. The Labute approximate surface area is 166 Å². The average Bonchev–Trinajstić information content (AvgIpc) is 3.15. The Balaban J connectivity index is 1.89. The van der Waals surface area contributed by atoms with Gasteiger partial charge in [0.1, 0.15) is 11.6 Å². The first-order chi connectivity index (χ1) is 13.1. The van der Waals surface area contributed by atoms with Crippen LogP contribution in [0.25, 0.3) is 11.8 Å². The second-order valence-corrected chi connectivity index (χ2v) is 6.83. The second-order valence-electron chi connectivity index (χ2n) is 5.91. The summed E-state index contributed by atoms with van der Waals surface area (Å²) in [6.07, 6.45) is 4.30. The minimum atomic E-state index is -0.415. The minimum absolute atomic E-state index is 0.0537. The first-order valence-electron chi connectivity index (χ1n) is 8.56. The molecule has 0 atom stereocenters. The highest BCUT2D eigenvalue weighted by Crippen LogP contribution is 2.20. The Morgan fingerprint density at radius 3 is 2.59 bits per heavy atom. The number of benzene rings is 2. The monoisotopic (exact) mass is 419 g/mol. The fraction of sp³-hybridized carbons (Fsp3) is 0.0909. The lowest BCUT2D eigenvalue weighted by Gasteiger charge is -2.10. The van der Waals surface area contributed by atoms with E-state index in [4.69, 9.17) is 0 Å². The minimum Gasteiger partial charge on any atom is -0.321 e. The van der Waals surface area contributed by atoms with Crippen molar-refractivity contribution < 1.29 is 4.79 Å². The van der Waals surface area contributed by atoms with Crippen LogP contribution in [0, 0.1) is 11.3 Å². The molecule has 1 amide bonds. The van der Waals surface area contributed by atoms with E-state index in [0.29, 0.717) is 0 Å². The van der Waals surface area contributed by atoms with Crippen LogP contribution in [0.15, 0.2) is 76.9 Å². The maximum Gasteiger partial charge on any atom is 0.266 e. The van der Waals surface area contributed by atoms with Gasteiger partial charge in [-0.2, -0.15) is 5.26 Å². The van der Waals surface area contributed by atoms with Crippen LogP contribution < -0.4 is 5.32 Å². The van der Waals surface area contributed by atoms with Crippen LogP contribution in [0.4, 0.5) is 5.69 Å². The Morgan fingerprint density at radius 2 is 1.89 bits per heavy atom. The molecular formula is C22H18BrN3O. The van der Waals surface area contributed by atoms with E-state index in [0.717, 1.165) is 33.5 Å². The number of aromatic nitrogens is 1. The lowest BCUT2D eigenvalue weighted by molar-refractivity contribution is -0.112. The summed E-state index contributed by atoms with van der Waals surface area (Å²) in [7, 11) is 0. The topological polar surface area (TPSA) is 57.8 Å². The fourth-order valence-electron chi connectivity index (χ4n) is 2.79. The second kappa shape index (κ2) is 8.52. The van der Waals surface area contributed by atoms with E-state index in [1.165, 1.54) is 0 Å². The van der Waals surface area contributed by atoms with Gasteiger partial charge in [-0.05, 0) is 60.5 Å². The highest BCUT2D eigenvalue weighted by Gasteiger charge is 2.12. The first-order valence-corrected chi connectivity index (χ1v) is 9.36. The van der Waals surface area contributed by atoms with Gasteiger partial charge in [-0.3, -0.25) is 4.79 Å². The van der Waals surface area contributed by atoms with Crippen LogP contribution in [0.1, 0.15) is 18.2 Å². The average molecular weight is 420 g/mol. The summed E-state index contributed by atoms with van der Waals surface area (Å²) < 4.78 is 2.92. The van der Waals surface area contributed by atoms with Crippen molar-refractivity contribution in [3.8, 4) is 11.8 Å². The molecule has 1 heterocycles. The third kappa shape index (κ3) is 4.36. The number of carbonyl (C=O) groups is 1.